The van der Waals surface area contributed by atoms with Gasteiger partial charge in [-0.15, -0.1) is 0 Å². The normalized spacial score (nSPS) is 16.6. The van der Waals surface area contributed by atoms with Crippen molar-refractivity contribution in [3.8, 4) is 5.82 Å². The van der Waals surface area contributed by atoms with Crippen LogP contribution in [0.5, 0.6) is 0 Å². The third-order valence-electron chi connectivity index (χ3n) is 5.65. The van der Waals surface area contributed by atoms with Gasteiger partial charge in [0.1, 0.15) is 0 Å². The van der Waals surface area contributed by atoms with E-state index in [1.54, 1.807) is 10.9 Å². The molecular formula is C23H26N4O. The van der Waals surface area contributed by atoms with Crippen LogP contribution < -0.4 is 0 Å². The summed E-state index contributed by atoms with van der Waals surface area (Å²) in [4.78, 5) is 19.6. The van der Waals surface area contributed by atoms with Crippen molar-refractivity contribution >= 4 is 5.91 Å². The SMILES string of the molecule is Cc1cc(C)n(-c2ccc(C(=O)N3CCCC3c3ccc(C)c(C)c3)cn2)n1. The van der Waals surface area contributed by atoms with Gasteiger partial charge in [0.25, 0.3) is 5.91 Å². The molecule has 1 unspecified atom stereocenters. The molecule has 5 heteroatoms. The van der Waals surface area contributed by atoms with Crippen molar-refractivity contribution < 1.29 is 4.79 Å². The lowest BCUT2D eigenvalue weighted by molar-refractivity contribution is 0.0735. The van der Waals surface area contributed by atoms with Crippen LogP contribution in [-0.4, -0.2) is 32.1 Å². The highest BCUT2D eigenvalue weighted by Gasteiger charge is 2.30. The van der Waals surface area contributed by atoms with Crippen LogP contribution in [0.1, 0.15) is 57.3 Å². The monoisotopic (exact) mass is 374 g/mol. The molecule has 0 radical (unpaired) electrons. The number of rotatable bonds is 3. The van der Waals surface area contributed by atoms with Crippen molar-refractivity contribution in [2.75, 3.05) is 6.54 Å². The molecule has 0 N–H and O–H groups in total. The number of aromatic nitrogens is 3. The highest BCUT2D eigenvalue weighted by atomic mass is 16.2. The fraction of sp³-hybridized carbons (Fsp3) is 0.348. The van der Waals surface area contributed by atoms with Gasteiger partial charge in [0.2, 0.25) is 0 Å². The van der Waals surface area contributed by atoms with Crippen LogP contribution in [0, 0.1) is 27.7 Å². The van der Waals surface area contributed by atoms with E-state index < -0.39 is 0 Å². The van der Waals surface area contributed by atoms with Gasteiger partial charge in [-0.3, -0.25) is 4.79 Å². The van der Waals surface area contributed by atoms with Crippen LogP contribution in [0.25, 0.3) is 5.82 Å². The van der Waals surface area contributed by atoms with Crippen LogP contribution in [0.4, 0.5) is 0 Å². The number of hydrogen-bond donors (Lipinski definition) is 0. The average Bonchev–Trinajstić information content (AvgIpc) is 3.30. The van der Waals surface area contributed by atoms with Gasteiger partial charge >= 0.3 is 0 Å². The molecule has 1 fully saturated rings. The van der Waals surface area contributed by atoms with Gasteiger partial charge in [0.15, 0.2) is 5.82 Å². The van der Waals surface area contributed by atoms with Crippen molar-refractivity contribution in [2.24, 2.45) is 0 Å². The second-order valence-corrected chi connectivity index (χ2v) is 7.74. The lowest BCUT2D eigenvalue weighted by Gasteiger charge is -2.25. The minimum absolute atomic E-state index is 0.0492. The molecule has 3 heterocycles. The average molecular weight is 374 g/mol. The maximum absolute atomic E-state index is 13.2. The number of carbonyl (C=O) groups excluding carboxylic acids is 1. The van der Waals surface area contributed by atoms with Gasteiger partial charge in [-0.1, -0.05) is 18.2 Å². The number of carbonyl (C=O) groups is 1. The molecule has 28 heavy (non-hydrogen) atoms. The van der Waals surface area contributed by atoms with E-state index in [0.29, 0.717) is 5.56 Å². The molecule has 0 spiro atoms. The lowest BCUT2D eigenvalue weighted by Crippen LogP contribution is -2.30. The van der Waals surface area contributed by atoms with Crippen molar-refractivity contribution in [1.82, 2.24) is 19.7 Å². The zero-order chi connectivity index (χ0) is 19.8. The third-order valence-corrected chi connectivity index (χ3v) is 5.65. The Morgan fingerprint density at radius 1 is 1.04 bits per heavy atom. The number of hydrogen-bond acceptors (Lipinski definition) is 3. The summed E-state index contributed by atoms with van der Waals surface area (Å²) < 4.78 is 1.80. The minimum atomic E-state index is 0.0492. The summed E-state index contributed by atoms with van der Waals surface area (Å²) in [5.41, 5.74) is 6.38. The molecule has 3 aromatic rings. The lowest BCUT2D eigenvalue weighted by atomic mass is 9.99. The molecule has 0 bridgehead atoms. The molecule has 2 aromatic heterocycles. The fourth-order valence-electron chi connectivity index (χ4n) is 3.99. The van der Waals surface area contributed by atoms with E-state index in [0.717, 1.165) is 36.6 Å². The van der Waals surface area contributed by atoms with Gasteiger partial charge < -0.3 is 4.90 Å². The van der Waals surface area contributed by atoms with E-state index in [9.17, 15) is 4.79 Å². The Hall–Kier alpha value is -2.95. The smallest absolute Gasteiger partial charge is 0.255 e. The summed E-state index contributed by atoms with van der Waals surface area (Å²) in [5, 5.41) is 4.46. The summed E-state index contributed by atoms with van der Waals surface area (Å²) >= 11 is 0. The molecular weight excluding hydrogens is 348 g/mol. The molecule has 1 aromatic carbocycles. The Labute approximate surface area is 166 Å². The molecule has 144 valence electrons. The number of nitrogens with zero attached hydrogens (tertiary/aromatic N) is 4. The zero-order valence-electron chi connectivity index (χ0n) is 16.9. The van der Waals surface area contributed by atoms with Gasteiger partial charge in [-0.05, 0) is 75.4 Å². The van der Waals surface area contributed by atoms with Gasteiger partial charge in [0.05, 0.1) is 17.3 Å². The largest absolute Gasteiger partial charge is 0.332 e. The molecule has 0 saturated carbocycles. The fourth-order valence-corrected chi connectivity index (χ4v) is 3.99. The Morgan fingerprint density at radius 2 is 1.86 bits per heavy atom. The second-order valence-electron chi connectivity index (χ2n) is 7.74. The number of pyridine rings is 1. The van der Waals surface area contributed by atoms with Gasteiger partial charge in [0, 0.05) is 18.4 Å². The molecule has 1 aliphatic rings. The minimum Gasteiger partial charge on any atom is -0.332 e. The Kier molecular flexibility index (Phi) is 4.75. The van der Waals surface area contributed by atoms with Crippen molar-refractivity contribution in [1.29, 1.82) is 0 Å². The topological polar surface area (TPSA) is 51.0 Å². The maximum atomic E-state index is 13.2. The summed E-state index contributed by atoms with van der Waals surface area (Å²) in [5.74, 6) is 0.780. The Morgan fingerprint density at radius 3 is 2.50 bits per heavy atom. The first kappa shape index (κ1) is 18.4. The first-order valence-corrected chi connectivity index (χ1v) is 9.82. The summed E-state index contributed by atoms with van der Waals surface area (Å²) in [6, 6.07) is 12.4. The van der Waals surface area contributed by atoms with E-state index in [4.69, 9.17) is 0 Å². The van der Waals surface area contributed by atoms with Gasteiger partial charge in [-0.25, -0.2) is 9.67 Å². The standard InChI is InChI=1S/C23H26N4O/c1-15-7-8-19(12-16(15)2)21-6-5-11-26(21)23(28)20-9-10-22(24-14-20)27-18(4)13-17(3)25-27/h7-10,12-14,21H,5-6,11H2,1-4H3. The highest BCUT2D eigenvalue weighted by Crippen LogP contribution is 2.34. The number of benzene rings is 1. The van der Waals surface area contributed by atoms with Crippen LogP contribution >= 0.6 is 0 Å². The Bertz CT molecular complexity index is 1020. The molecule has 1 atom stereocenters. The van der Waals surface area contributed by atoms with Crippen molar-refractivity contribution in [3.05, 3.63) is 76.2 Å². The van der Waals surface area contributed by atoms with Crippen LogP contribution in [0.2, 0.25) is 0 Å². The van der Waals surface area contributed by atoms with E-state index in [1.165, 1.54) is 16.7 Å². The predicted molar refractivity (Wildman–Crippen MR) is 110 cm³/mol. The zero-order valence-corrected chi connectivity index (χ0v) is 16.9. The summed E-state index contributed by atoms with van der Waals surface area (Å²) in [7, 11) is 0. The number of likely N-dealkylation sites (tertiary alicyclic amines) is 1. The first-order valence-electron chi connectivity index (χ1n) is 9.82. The van der Waals surface area contributed by atoms with Crippen LogP contribution in [0.3, 0.4) is 0 Å². The quantitative estimate of drug-likeness (QED) is 0.679. The number of aryl methyl sites for hydroxylation is 4. The second kappa shape index (κ2) is 7.23. The third kappa shape index (κ3) is 3.33. The van der Waals surface area contributed by atoms with Crippen LogP contribution in [-0.2, 0) is 0 Å². The molecule has 4 rings (SSSR count). The molecule has 1 amide bonds. The maximum Gasteiger partial charge on any atom is 0.255 e. The Balaban J connectivity index is 1.58. The summed E-state index contributed by atoms with van der Waals surface area (Å²) in [6.45, 7) is 8.99. The van der Waals surface area contributed by atoms with E-state index in [2.05, 4.69) is 42.1 Å². The highest BCUT2D eigenvalue weighted by molar-refractivity contribution is 5.94. The van der Waals surface area contributed by atoms with Gasteiger partial charge in [-0.2, -0.15) is 5.10 Å². The number of amides is 1. The van der Waals surface area contributed by atoms with E-state index >= 15 is 0 Å². The first-order chi connectivity index (χ1) is 13.4. The van der Waals surface area contributed by atoms with Crippen molar-refractivity contribution in [2.45, 2.75) is 46.6 Å². The van der Waals surface area contributed by atoms with Crippen LogP contribution in [0.15, 0.2) is 42.6 Å². The molecule has 0 aliphatic carbocycles. The van der Waals surface area contributed by atoms with E-state index in [1.807, 2.05) is 36.9 Å². The molecule has 5 nitrogen and oxygen atoms in total. The summed E-state index contributed by atoms with van der Waals surface area (Å²) in [6.07, 6.45) is 3.70. The van der Waals surface area contributed by atoms with Crippen molar-refractivity contribution in [3.63, 3.8) is 0 Å². The predicted octanol–water partition coefficient (Wildman–Crippen LogP) is 4.48. The molecule has 1 saturated heterocycles. The molecule has 1 aliphatic heterocycles. The van der Waals surface area contributed by atoms with E-state index in [-0.39, 0.29) is 11.9 Å².